The summed E-state index contributed by atoms with van der Waals surface area (Å²) < 4.78 is 16.0. The van der Waals surface area contributed by atoms with Crippen LogP contribution in [0.4, 0.5) is 5.95 Å². The molecule has 2 aliphatic heterocycles. The first kappa shape index (κ1) is 20.2. The number of nitrogens with zero attached hydrogens (tertiary/aromatic N) is 4. The largest absolute Gasteiger partial charge is 0.493 e. The average Bonchev–Trinajstić information content (AvgIpc) is 2.82. The van der Waals surface area contributed by atoms with Gasteiger partial charge >= 0.3 is 0 Å². The van der Waals surface area contributed by atoms with Crippen LogP contribution in [0.3, 0.4) is 0 Å². The summed E-state index contributed by atoms with van der Waals surface area (Å²) in [5.74, 6) is 1.96. The minimum atomic E-state index is -0.0398. The molecule has 1 aromatic heterocycles. The van der Waals surface area contributed by atoms with E-state index in [1.54, 1.807) is 26.4 Å². The zero-order valence-electron chi connectivity index (χ0n) is 17.3. The van der Waals surface area contributed by atoms with Gasteiger partial charge in [0.2, 0.25) is 11.9 Å². The highest BCUT2D eigenvalue weighted by molar-refractivity contribution is 5.92. The summed E-state index contributed by atoms with van der Waals surface area (Å²) in [6.45, 7) is 4.09. The van der Waals surface area contributed by atoms with Gasteiger partial charge in [-0.05, 0) is 35.8 Å². The van der Waals surface area contributed by atoms with Gasteiger partial charge < -0.3 is 24.0 Å². The molecule has 1 amide bonds. The maximum absolute atomic E-state index is 12.8. The molecule has 2 aliphatic rings. The van der Waals surface area contributed by atoms with Crippen LogP contribution in [0.2, 0.25) is 0 Å². The highest BCUT2D eigenvalue weighted by Crippen LogP contribution is 2.28. The number of benzene rings is 1. The van der Waals surface area contributed by atoms with E-state index < -0.39 is 0 Å². The molecule has 3 heterocycles. The number of carbonyl (C=O) groups excluding carboxylic acids is 1. The fraction of sp³-hybridized carbons (Fsp3) is 0.409. The average molecular weight is 410 g/mol. The van der Waals surface area contributed by atoms with Crippen molar-refractivity contribution in [3.8, 4) is 11.5 Å². The number of hydrogen-bond acceptors (Lipinski definition) is 7. The Morgan fingerprint density at radius 3 is 2.70 bits per heavy atom. The standard InChI is InChI=1S/C22H26N4O4/c1-28-19-5-3-16(13-20(19)29-2)4-6-21(27)26-8-7-17-14-23-22(24-18(17)15-26)25-9-11-30-12-10-25/h3-6,13-14H,7-12,15H2,1-2H3/b6-4+. The number of amides is 1. The molecular weight excluding hydrogens is 384 g/mol. The van der Waals surface area contributed by atoms with Crippen LogP contribution >= 0.6 is 0 Å². The van der Waals surface area contributed by atoms with Crippen LogP contribution in [-0.4, -0.2) is 67.8 Å². The zero-order chi connectivity index (χ0) is 20.9. The SMILES string of the molecule is COc1ccc(/C=C/C(=O)N2CCc3cnc(N4CCOCC4)nc3C2)cc1OC. The van der Waals surface area contributed by atoms with Gasteiger partial charge in [0.05, 0.1) is 39.7 Å². The van der Waals surface area contributed by atoms with E-state index in [0.29, 0.717) is 43.8 Å². The Labute approximate surface area is 176 Å². The number of aromatic nitrogens is 2. The molecule has 0 aliphatic carbocycles. The quantitative estimate of drug-likeness (QED) is 0.697. The molecule has 30 heavy (non-hydrogen) atoms. The highest BCUT2D eigenvalue weighted by Gasteiger charge is 2.23. The van der Waals surface area contributed by atoms with Gasteiger partial charge in [-0.15, -0.1) is 0 Å². The van der Waals surface area contributed by atoms with E-state index >= 15 is 0 Å². The van der Waals surface area contributed by atoms with Crippen molar-refractivity contribution in [2.45, 2.75) is 13.0 Å². The normalized spacial score (nSPS) is 16.5. The van der Waals surface area contributed by atoms with Crippen LogP contribution in [0.15, 0.2) is 30.5 Å². The van der Waals surface area contributed by atoms with Gasteiger partial charge in [-0.1, -0.05) is 6.07 Å². The second kappa shape index (κ2) is 9.13. The number of fused-ring (bicyclic) bond motifs is 1. The second-order valence-electron chi connectivity index (χ2n) is 7.20. The van der Waals surface area contributed by atoms with Crippen LogP contribution in [0.25, 0.3) is 6.08 Å². The van der Waals surface area contributed by atoms with Crippen molar-refractivity contribution in [1.82, 2.24) is 14.9 Å². The number of hydrogen-bond donors (Lipinski definition) is 0. The van der Waals surface area contributed by atoms with Crippen molar-refractivity contribution < 1.29 is 19.0 Å². The Morgan fingerprint density at radius 2 is 1.93 bits per heavy atom. The van der Waals surface area contributed by atoms with Gasteiger partial charge in [-0.25, -0.2) is 9.97 Å². The van der Waals surface area contributed by atoms with Gasteiger partial charge in [0.1, 0.15) is 0 Å². The van der Waals surface area contributed by atoms with Gasteiger partial charge in [0, 0.05) is 31.9 Å². The lowest BCUT2D eigenvalue weighted by Gasteiger charge is -2.30. The molecule has 1 saturated heterocycles. The van der Waals surface area contributed by atoms with E-state index in [-0.39, 0.29) is 5.91 Å². The Morgan fingerprint density at radius 1 is 1.13 bits per heavy atom. The number of carbonyl (C=O) groups is 1. The summed E-state index contributed by atoms with van der Waals surface area (Å²) in [4.78, 5) is 26.0. The summed E-state index contributed by atoms with van der Waals surface area (Å²) in [7, 11) is 3.19. The molecule has 158 valence electrons. The van der Waals surface area contributed by atoms with Crippen molar-refractivity contribution in [3.63, 3.8) is 0 Å². The van der Waals surface area contributed by atoms with Crippen LogP contribution in [0, 0.1) is 0 Å². The predicted molar refractivity (Wildman–Crippen MR) is 113 cm³/mol. The van der Waals surface area contributed by atoms with Crippen LogP contribution in [0.5, 0.6) is 11.5 Å². The molecule has 1 aromatic carbocycles. The molecule has 8 heteroatoms. The topological polar surface area (TPSA) is 77.0 Å². The smallest absolute Gasteiger partial charge is 0.246 e. The molecule has 0 unspecified atom stereocenters. The molecule has 1 fully saturated rings. The number of morpholine rings is 1. The van der Waals surface area contributed by atoms with E-state index in [0.717, 1.165) is 36.3 Å². The van der Waals surface area contributed by atoms with Crippen molar-refractivity contribution in [1.29, 1.82) is 0 Å². The van der Waals surface area contributed by atoms with Crippen LogP contribution in [-0.2, 0) is 22.5 Å². The molecule has 0 radical (unpaired) electrons. The van der Waals surface area contributed by atoms with Crippen LogP contribution < -0.4 is 14.4 Å². The van der Waals surface area contributed by atoms with Crippen molar-refractivity contribution in [2.75, 3.05) is 52.0 Å². The van der Waals surface area contributed by atoms with E-state index in [2.05, 4.69) is 9.88 Å². The molecule has 0 spiro atoms. The van der Waals surface area contributed by atoms with Crippen molar-refractivity contribution in [3.05, 3.63) is 47.3 Å². The molecule has 0 N–H and O–H groups in total. The number of ether oxygens (including phenoxy) is 3. The third kappa shape index (κ3) is 4.38. The third-order valence-corrected chi connectivity index (χ3v) is 5.36. The molecule has 8 nitrogen and oxygen atoms in total. The molecule has 2 aromatic rings. The first-order valence-corrected chi connectivity index (χ1v) is 10.0. The monoisotopic (exact) mass is 410 g/mol. The number of methoxy groups -OCH3 is 2. The van der Waals surface area contributed by atoms with Gasteiger partial charge in [0.15, 0.2) is 11.5 Å². The number of rotatable bonds is 5. The van der Waals surface area contributed by atoms with Crippen molar-refractivity contribution >= 4 is 17.9 Å². The first-order valence-electron chi connectivity index (χ1n) is 10.0. The van der Waals surface area contributed by atoms with Gasteiger partial charge in [-0.2, -0.15) is 0 Å². The summed E-state index contributed by atoms with van der Waals surface area (Å²) in [6, 6.07) is 5.55. The lowest BCUT2D eigenvalue weighted by Crippen LogP contribution is -2.39. The minimum Gasteiger partial charge on any atom is -0.493 e. The fourth-order valence-electron chi connectivity index (χ4n) is 3.63. The maximum Gasteiger partial charge on any atom is 0.246 e. The predicted octanol–water partition coefficient (Wildman–Crippen LogP) is 1.93. The molecule has 0 bridgehead atoms. The zero-order valence-corrected chi connectivity index (χ0v) is 17.3. The van der Waals surface area contributed by atoms with E-state index in [1.807, 2.05) is 29.3 Å². The lowest BCUT2D eigenvalue weighted by atomic mass is 10.1. The Bertz CT molecular complexity index is 941. The third-order valence-electron chi connectivity index (χ3n) is 5.36. The summed E-state index contributed by atoms with van der Waals surface area (Å²) in [5.41, 5.74) is 2.90. The molecular formula is C22H26N4O4. The lowest BCUT2D eigenvalue weighted by molar-refractivity contribution is -0.126. The minimum absolute atomic E-state index is 0.0398. The Hall–Kier alpha value is -3.13. The Kier molecular flexibility index (Phi) is 6.13. The van der Waals surface area contributed by atoms with Crippen LogP contribution in [0.1, 0.15) is 16.8 Å². The summed E-state index contributed by atoms with van der Waals surface area (Å²) in [5, 5.41) is 0. The van der Waals surface area contributed by atoms with Crippen molar-refractivity contribution in [2.24, 2.45) is 0 Å². The highest BCUT2D eigenvalue weighted by atomic mass is 16.5. The van der Waals surface area contributed by atoms with Gasteiger partial charge in [-0.3, -0.25) is 4.79 Å². The van der Waals surface area contributed by atoms with E-state index in [4.69, 9.17) is 19.2 Å². The van der Waals surface area contributed by atoms with E-state index in [1.165, 1.54) is 0 Å². The van der Waals surface area contributed by atoms with Gasteiger partial charge in [0.25, 0.3) is 0 Å². The first-order chi connectivity index (χ1) is 14.7. The van der Waals surface area contributed by atoms with E-state index in [9.17, 15) is 4.79 Å². The fourth-order valence-corrected chi connectivity index (χ4v) is 3.63. The molecule has 0 saturated carbocycles. The summed E-state index contributed by atoms with van der Waals surface area (Å²) >= 11 is 0. The second-order valence-corrected chi connectivity index (χ2v) is 7.20. The maximum atomic E-state index is 12.8. The number of anilines is 1. The Balaban J connectivity index is 1.44. The molecule has 4 rings (SSSR count). The summed E-state index contributed by atoms with van der Waals surface area (Å²) in [6.07, 6.45) is 6.04. The molecule has 0 atom stereocenters.